The van der Waals surface area contributed by atoms with Crippen LogP contribution in [0, 0.1) is 11.8 Å². The third-order valence-electron chi connectivity index (χ3n) is 3.49. The first kappa shape index (κ1) is 12.9. The van der Waals surface area contributed by atoms with Crippen LogP contribution in [0.2, 0.25) is 0 Å². The van der Waals surface area contributed by atoms with Gasteiger partial charge in [0.2, 0.25) is 0 Å². The van der Waals surface area contributed by atoms with Crippen molar-refractivity contribution in [2.24, 2.45) is 11.8 Å². The maximum absolute atomic E-state index is 5.76. The molecule has 0 aromatic rings. The number of rotatable bonds is 9. The monoisotopic (exact) mass is 240 g/mol. The molecule has 2 bridgehead atoms. The van der Waals surface area contributed by atoms with Gasteiger partial charge in [0, 0.05) is 12.5 Å². The van der Waals surface area contributed by atoms with Crippen molar-refractivity contribution in [1.82, 2.24) is 0 Å². The van der Waals surface area contributed by atoms with Crippen LogP contribution in [-0.2, 0) is 14.2 Å². The van der Waals surface area contributed by atoms with E-state index in [0.717, 1.165) is 18.9 Å². The molecule has 2 rings (SSSR count). The lowest BCUT2D eigenvalue weighted by atomic mass is 10.1. The minimum Gasteiger partial charge on any atom is -0.496 e. The molecule has 0 aliphatic heterocycles. The van der Waals surface area contributed by atoms with E-state index in [2.05, 4.69) is 13.0 Å². The van der Waals surface area contributed by atoms with Crippen molar-refractivity contribution in [3.63, 3.8) is 0 Å². The van der Waals surface area contributed by atoms with E-state index in [1.54, 1.807) is 0 Å². The molecule has 0 radical (unpaired) electrons. The maximum atomic E-state index is 5.76. The topological polar surface area (TPSA) is 27.7 Å². The summed E-state index contributed by atoms with van der Waals surface area (Å²) in [5, 5.41) is 0. The molecule has 0 aromatic heterocycles. The minimum absolute atomic E-state index is 0.671. The molecule has 0 aromatic carbocycles. The molecule has 2 aliphatic rings. The predicted octanol–water partition coefficient (Wildman–Crippen LogP) is 2.76. The van der Waals surface area contributed by atoms with E-state index in [0.29, 0.717) is 32.3 Å². The van der Waals surface area contributed by atoms with Crippen LogP contribution >= 0.6 is 0 Å². The molecule has 0 spiro atoms. The average Bonchev–Trinajstić information content (AvgIpc) is 2.94. The molecular formula is C14H24O3. The van der Waals surface area contributed by atoms with E-state index in [9.17, 15) is 0 Å². The summed E-state index contributed by atoms with van der Waals surface area (Å²) in [4.78, 5) is 0. The van der Waals surface area contributed by atoms with Gasteiger partial charge in [0.15, 0.2) is 0 Å². The zero-order valence-corrected chi connectivity index (χ0v) is 10.8. The molecule has 2 atom stereocenters. The second-order valence-corrected chi connectivity index (χ2v) is 4.91. The number of fused-ring (bicyclic) bond motifs is 2. The second-order valence-electron chi connectivity index (χ2n) is 4.91. The molecule has 98 valence electrons. The van der Waals surface area contributed by atoms with Crippen LogP contribution < -0.4 is 0 Å². The number of hydrogen-bond donors (Lipinski definition) is 0. The first-order chi connectivity index (χ1) is 8.40. The zero-order valence-electron chi connectivity index (χ0n) is 10.8. The Morgan fingerprint density at radius 3 is 2.47 bits per heavy atom. The highest BCUT2D eigenvalue weighted by molar-refractivity contribution is 5.13. The first-order valence-electron chi connectivity index (χ1n) is 6.90. The predicted molar refractivity (Wildman–Crippen MR) is 66.8 cm³/mol. The van der Waals surface area contributed by atoms with Gasteiger partial charge in [-0.1, -0.05) is 6.92 Å². The van der Waals surface area contributed by atoms with E-state index in [1.807, 2.05) is 0 Å². The molecule has 3 nitrogen and oxygen atoms in total. The maximum Gasteiger partial charge on any atom is 0.111 e. The summed E-state index contributed by atoms with van der Waals surface area (Å²) in [5.41, 5.74) is 0. The van der Waals surface area contributed by atoms with Crippen molar-refractivity contribution in [3.8, 4) is 0 Å². The van der Waals surface area contributed by atoms with Crippen molar-refractivity contribution < 1.29 is 14.2 Å². The van der Waals surface area contributed by atoms with E-state index in [4.69, 9.17) is 14.2 Å². The molecule has 1 fully saturated rings. The highest BCUT2D eigenvalue weighted by atomic mass is 16.5. The van der Waals surface area contributed by atoms with Crippen molar-refractivity contribution >= 4 is 0 Å². The van der Waals surface area contributed by atoms with Gasteiger partial charge < -0.3 is 14.2 Å². The zero-order chi connectivity index (χ0) is 11.9. The highest BCUT2D eigenvalue weighted by Gasteiger charge is 2.33. The SMILES string of the molecule is CCCOCCOCCOC1=CC2CCC1C2. The molecule has 1 saturated carbocycles. The summed E-state index contributed by atoms with van der Waals surface area (Å²) in [6, 6.07) is 0. The lowest BCUT2D eigenvalue weighted by Gasteiger charge is -2.14. The van der Waals surface area contributed by atoms with Gasteiger partial charge in [-0.25, -0.2) is 0 Å². The van der Waals surface area contributed by atoms with Crippen molar-refractivity contribution in [2.75, 3.05) is 33.0 Å². The van der Waals surface area contributed by atoms with E-state index in [-0.39, 0.29) is 0 Å². The fourth-order valence-corrected chi connectivity index (χ4v) is 2.65. The Morgan fingerprint density at radius 1 is 1.06 bits per heavy atom. The smallest absolute Gasteiger partial charge is 0.111 e. The quantitative estimate of drug-likeness (QED) is 0.580. The fraction of sp³-hybridized carbons (Fsp3) is 0.857. The van der Waals surface area contributed by atoms with Gasteiger partial charge in [-0.15, -0.1) is 0 Å². The summed E-state index contributed by atoms with van der Waals surface area (Å²) in [6.07, 6.45) is 7.39. The summed E-state index contributed by atoms with van der Waals surface area (Å²) in [6.45, 7) is 5.66. The third kappa shape index (κ3) is 4.00. The lowest BCUT2D eigenvalue weighted by molar-refractivity contribution is 0.0244. The van der Waals surface area contributed by atoms with Gasteiger partial charge in [-0.05, 0) is 37.7 Å². The van der Waals surface area contributed by atoms with Gasteiger partial charge in [0.1, 0.15) is 6.61 Å². The van der Waals surface area contributed by atoms with E-state index >= 15 is 0 Å². The summed E-state index contributed by atoms with van der Waals surface area (Å²) in [5.74, 6) is 2.75. The van der Waals surface area contributed by atoms with Crippen LogP contribution in [0.5, 0.6) is 0 Å². The third-order valence-corrected chi connectivity index (χ3v) is 3.49. The molecule has 0 amide bonds. The van der Waals surface area contributed by atoms with Crippen LogP contribution in [0.1, 0.15) is 32.6 Å². The highest BCUT2D eigenvalue weighted by Crippen LogP contribution is 2.43. The molecule has 0 saturated heterocycles. The number of ether oxygens (including phenoxy) is 3. The molecule has 0 heterocycles. The Hall–Kier alpha value is -0.540. The first-order valence-corrected chi connectivity index (χ1v) is 6.90. The summed E-state index contributed by atoms with van der Waals surface area (Å²) >= 11 is 0. The number of hydrogen-bond acceptors (Lipinski definition) is 3. The normalized spacial score (nSPS) is 26.3. The van der Waals surface area contributed by atoms with Crippen LogP contribution in [-0.4, -0.2) is 33.0 Å². The van der Waals surface area contributed by atoms with Crippen LogP contribution in [0.4, 0.5) is 0 Å². The average molecular weight is 240 g/mol. The molecule has 3 heteroatoms. The minimum atomic E-state index is 0.671. The van der Waals surface area contributed by atoms with Gasteiger partial charge in [0.05, 0.1) is 25.6 Å². The van der Waals surface area contributed by atoms with Gasteiger partial charge in [-0.2, -0.15) is 0 Å². The molecule has 17 heavy (non-hydrogen) atoms. The Kier molecular flexibility index (Phi) is 5.33. The Labute approximate surface area is 104 Å². The standard InChI is InChI=1S/C14H24O3/c1-2-5-15-6-7-16-8-9-17-14-11-12-3-4-13(14)10-12/h11-13H,2-10H2,1H3. The number of allylic oxidation sites excluding steroid dienone is 2. The van der Waals surface area contributed by atoms with Crippen LogP contribution in [0.3, 0.4) is 0 Å². The van der Waals surface area contributed by atoms with Gasteiger partial charge in [0.25, 0.3) is 0 Å². The molecule has 2 unspecified atom stereocenters. The molecule has 2 aliphatic carbocycles. The summed E-state index contributed by atoms with van der Waals surface area (Å²) < 4.78 is 16.5. The van der Waals surface area contributed by atoms with Crippen molar-refractivity contribution in [1.29, 1.82) is 0 Å². The summed E-state index contributed by atoms with van der Waals surface area (Å²) in [7, 11) is 0. The van der Waals surface area contributed by atoms with Crippen LogP contribution in [0.25, 0.3) is 0 Å². The lowest BCUT2D eigenvalue weighted by Crippen LogP contribution is -2.11. The molecular weight excluding hydrogens is 216 g/mol. The second kappa shape index (κ2) is 7.02. The Bertz CT molecular complexity index is 250. The van der Waals surface area contributed by atoms with Gasteiger partial charge >= 0.3 is 0 Å². The van der Waals surface area contributed by atoms with Crippen molar-refractivity contribution in [3.05, 3.63) is 11.8 Å². The fourth-order valence-electron chi connectivity index (χ4n) is 2.65. The largest absolute Gasteiger partial charge is 0.496 e. The van der Waals surface area contributed by atoms with E-state index in [1.165, 1.54) is 25.0 Å². The van der Waals surface area contributed by atoms with Gasteiger partial charge in [-0.3, -0.25) is 0 Å². The van der Waals surface area contributed by atoms with Crippen LogP contribution in [0.15, 0.2) is 11.8 Å². The molecule has 0 N–H and O–H groups in total. The van der Waals surface area contributed by atoms with E-state index < -0.39 is 0 Å². The Morgan fingerprint density at radius 2 is 1.82 bits per heavy atom. The van der Waals surface area contributed by atoms with Crippen molar-refractivity contribution in [2.45, 2.75) is 32.6 Å². The Balaban J connectivity index is 1.43.